The van der Waals surface area contributed by atoms with E-state index in [-0.39, 0.29) is 11.9 Å². The number of carbonyl (C=O) groups is 1. The minimum Gasteiger partial charge on any atom is -0.350 e. The first-order chi connectivity index (χ1) is 13.6. The number of hydrogen-bond acceptors (Lipinski definition) is 4. The van der Waals surface area contributed by atoms with Crippen LogP contribution in [0.2, 0.25) is 0 Å². The zero-order chi connectivity index (χ0) is 19.5. The molecule has 1 aromatic carbocycles. The molecule has 0 aliphatic carbocycles. The van der Waals surface area contributed by atoms with Gasteiger partial charge < -0.3 is 5.32 Å². The summed E-state index contributed by atoms with van der Waals surface area (Å²) in [6, 6.07) is 12.4. The fraction of sp³-hybridized carbons (Fsp3) is 0.333. The molecule has 1 fully saturated rings. The van der Waals surface area contributed by atoms with Gasteiger partial charge in [-0.3, -0.25) is 9.69 Å². The van der Waals surface area contributed by atoms with Crippen molar-refractivity contribution in [1.82, 2.24) is 20.0 Å². The Labute approximate surface area is 177 Å². The molecular weight excluding hydrogens is 436 g/mol. The third kappa shape index (κ3) is 4.06. The molecule has 0 radical (unpaired) electrons. The molecule has 1 saturated heterocycles. The molecule has 0 unspecified atom stereocenters. The van der Waals surface area contributed by atoms with Gasteiger partial charge in [-0.1, -0.05) is 22.0 Å². The normalized spacial score (nSPS) is 15.6. The molecule has 3 aromatic rings. The second-order valence-electron chi connectivity index (χ2n) is 7.02. The molecule has 1 amide bonds. The fourth-order valence-electron chi connectivity index (χ4n) is 3.70. The van der Waals surface area contributed by atoms with E-state index in [1.165, 1.54) is 17.7 Å². The maximum absolute atomic E-state index is 12.9. The summed E-state index contributed by atoms with van der Waals surface area (Å²) in [6.45, 7) is 4.74. The lowest BCUT2D eigenvalue weighted by molar-refractivity contribution is 0.0938. The molecule has 3 heterocycles. The van der Waals surface area contributed by atoms with Crippen molar-refractivity contribution in [3.63, 3.8) is 0 Å². The molecule has 0 saturated carbocycles. The summed E-state index contributed by atoms with van der Waals surface area (Å²) < 4.78 is 2.82. The lowest BCUT2D eigenvalue weighted by atomic mass is 10.2. The number of amides is 1. The predicted octanol–water partition coefficient (Wildman–Crippen LogP) is 4.57. The van der Waals surface area contributed by atoms with Gasteiger partial charge in [-0.2, -0.15) is 5.10 Å². The highest BCUT2D eigenvalue weighted by atomic mass is 79.9. The summed E-state index contributed by atoms with van der Waals surface area (Å²) in [5, 5.41) is 9.67. The highest BCUT2D eigenvalue weighted by Gasteiger charge is 2.25. The third-order valence-corrected chi connectivity index (χ3v) is 6.74. The van der Waals surface area contributed by atoms with Crippen molar-refractivity contribution >= 4 is 33.2 Å². The SMILES string of the molecule is Cc1c(C(=O)NC[C@@H](c2cccs2)N2CCCC2)cnn1-c1ccc(Br)cc1. The third-order valence-electron chi connectivity index (χ3n) is 5.23. The van der Waals surface area contributed by atoms with Crippen LogP contribution < -0.4 is 5.32 Å². The van der Waals surface area contributed by atoms with Crippen molar-refractivity contribution in [3.05, 3.63) is 68.6 Å². The molecule has 4 rings (SSSR count). The summed E-state index contributed by atoms with van der Waals surface area (Å²) in [4.78, 5) is 16.7. The number of likely N-dealkylation sites (tertiary alicyclic amines) is 1. The van der Waals surface area contributed by atoms with Crippen LogP contribution >= 0.6 is 27.3 Å². The van der Waals surface area contributed by atoms with Crippen molar-refractivity contribution in [2.24, 2.45) is 0 Å². The standard InChI is InChI=1S/C21H23BrN4OS/c1-15-18(13-24-26(15)17-8-6-16(22)7-9-17)21(27)23-14-19(20-5-4-12-28-20)25-10-2-3-11-25/h4-9,12-13,19H,2-3,10-11,14H2,1H3,(H,23,27)/t19-/m0/s1. The molecule has 0 bridgehead atoms. The Morgan fingerprint density at radius 1 is 1.25 bits per heavy atom. The van der Waals surface area contributed by atoms with E-state index in [2.05, 4.69) is 48.8 Å². The van der Waals surface area contributed by atoms with E-state index in [0.29, 0.717) is 12.1 Å². The van der Waals surface area contributed by atoms with Crippen LogP contribution in [0, 0.1) is 6.92 Å². The summed E-state index contributed by atoms with van der Waals surface area (Å²) >= 11 is 5.20. The number of hydrogen-bond donors (Lipinski definition) is 1. The molecule has 2 aromatic heterocycles. The van der Waals surface area contributed by atoms with Crippen LogP contribution in [0.3, 0.4) is 0 Å². The fourth-order valence-corrected chi connectivity index (χ4v) is 4.83. The van der Waals surface area contributed by atoms with E-state index in [1.807, 2.05) is 31.2 Å². The first kappa shape index (κ1) is 19.4. The van der Waals surface area contributed by atoms with Crippen molar-refractivity contribution in [2.75, 3.05) is 19.6 Å². The molecule has 1 aliphatic heterocycles. The van der Waals surface area contributed by atoms with Gasteiger partial charge in [-0.05, 0) is 68.6 Å². The predicted molar refractivity (Wildman–Crippen MR) is 116 cm³/mol. The largest absolute Gasteiger partial charge is 0.350 e. The van der Waals surface area contributed by atoms with Crippen LogP contribution in [0.25, 0.3) is 5.69 Å². The summed E-state index contributed by atoms with van der Waals surface area (Å²) in [5.41, 5.74) is 2.40. The number of nitrogens with zero attached hydrogens (tertiary/aromatic N) is 3. The van der Waals surface area contributed by atoms with Gasteiger partial charge in [-0.25, -0.2) is 4.68 Å². The number of benzene rings is 1. The second kappa shape index (κ2) is 8.59. The molecule has 1 atom stereocenters. The van der Waals surface area contributed by atoms with Crippen molar-refractivity contribution in [1.29, 1.82) is 0 Å². The number of rotatable bonds is 6. The van der Waals surface area contributed by atoms with Gasteiger partial charge >= 0.3 is 0 Å². The van der Waals surface area contributed by atoms with E-state index in [1.54, 1.807) is 22.2 Å². The zero-order valence-electron chi connectivity index (χ0n) is 15.8. The molecule has 5 nitrogen and oxygen atoms in total. The highest BCUT2D eigenvalue weighted by molar-refractivity contribution is 9.10. The quantitative estimate of drug-likeness (QED) is 0.588. The van der Waals surface area contributed by atoms with Gasteiger partial charge in [0.05, 0.1) is 29.2 Å². The zero-order valence-corrected chi connectivity index (χ0v) is 18.2. The number of nitrogens with one attached hydrogen (secondary N) is 1. The lowest BCUT2D eigenvalue weighted by Gasteiger charge is -2.26. The van der Waals surface area contributed by atoms with Crippen LogP contribution in [0.15, 0.2) is 52.4 Å². The van der Waals surface area contributed by atoms with Crippen molar-refractivity contribution in [2.45, 2.75) is 25.8 Å². The smallest absolute Gasteiger partial charge is 0.254 e. The average Bonchev–Trinajstić information content (AvgIpc) is 3.45. The van der Waals surface area contributed by atoms with Crippen LogP contribution in [0.1, 0.15) is 39.8 Å². The van der Waals surface area contributed by atoms with Crippen molar-refractivity contribution in [3.8, 4) is 5.69 Å². The molecule has 28 heavy (non-hydrogen) atoms. The van der Waals surface area contributed by atoms with Gasteiger partial charge in [-0.15, -0.1) is 11.3 Å². The maximum Gasteiger partial charge on any atom is 0.254 e. The molecule has 7 heteroatoms. The number of thiophene rings is 1. The lowest BCUT2D eigenvalue weighted by Crippen LogP contribution is -2.36. The number of aromatic nitrogens is 2. The van der Waals surface area contributed by atoms with E-state index < -0.39 is 0 Å². The molecule has 1 N–H and O–H groups in total. The van der Waals surface area contributed by atoms with Crippen LogP contribution in [0.4, 0.5) is 0 Å². The number of halogens is 1. The molecule has 146 valence electrons. The number of carbonyl (C=O) groups excluding carboxylic acids is 1. The van der Waals surface area contributed by atoms with Crippen LogP contribution in [0.5, 0.6) is 0 Å². The Bertz CT molecular complexity index is 930. The van der Waals surface area contributed by atoms with E-state index in [9.17, 15) is 4.79 Å². The Hall–Kier alpha value is -1.96. The van der Waals surface area contributed by atoms with Gasteiger partial charge in [0.15, 0.2) is 0 Å². The Kier molecular flexibility index (Phi) is 5.94. The van der Waals surface area contributed by atoms with E-state index >= 15 is 0 Å². The Morgan fingerprint density at radius 3 is 2.68 bits per heavy atom. The molecule has 1 aliphatic rings. The first-order valence-corrected chi connectivity index (χ1v) is 11.2. The summed E-state index contributed by atoms with van der Waals surface area (Å²) in [5.74, 6) is -0.0679. The van der Waals surface area contributed by atoms with Gasteiger partial charge in [0.1, 0.15) is 0 Å². The van der Waals surface area contributed by atoms with Gasteiger partial charge in [0.25, 0.3) is 5.91 Å². The molecule has 0 spiro atoms. The van der Waals surface area contributed by atoms with Crippen LogP contribution in [-0.4, -0.2) is 40.2 Å². The Morgan fingerprint density at radius 2 is 2.00 bits per heavy atom. The highest BCUT2D eigenvalue weighted by Crippen LogP contribution is 2.28. The maximum atomic E-state index is 12.9. The average molecular weight is 459 g/mol. The van der Waals surface area contributed by atoms with E-state index in [4.69, 9.17) is 0 Å². The monoisotopic (exact) mass is 458 g/mol. The minimum atomic E-state index is -0.0679. The Balaban J connectivity index is 1.48. The van der Waals surface area contributed by atoms with Gasteiger partial charge in [0, 0.05) is 15.9 Å². The first-order valence-electron chi connectivity index (χ1n) is 9.49. The van der Waals surface area contributed by atoms with Crippen LogP contribution in [-0.2, 0) is 0 Å². The summed E-state index contributed by atoms with van der Waals surface area (Å²) in [7, 11) is 0. The van der Waals surface area contributed by atoms with E-state index in [0.717, 1.165) is 28.9 Å². The molecular formula is C21H23BrN4OS. The minimum absolute atomic E-state index is 0.0679. The summed E-state index contributed by atoms with van der Waals surface area (Å²) in [6.07, 6.45) is 4.12. The van der Waals surface area contributed by atoms with Gasteiger partial charge in [0.2, 0.25) is 0 Å². The second-order valence-corrected chi connectivity index (χ2v) is 8.91. The topological polar surface area (TPSA) is 50.2 Å². The van der Waals surface area contributed by atoms with Crippen molar-refractivity contribution < 1.29 is 4.79 Å².